The van der Waals surface area contributed by atoms with Gasteiger partial charge in [-0.3, -0.25) is 0 Å². The van der Waals surface area contributed by atoms with Crippen LogP contribution >= 0.6 is 0 Å². The zero-order valence-electron chi connectivity index (χ0n) is 10.8. The molecule has 0 unspecified atom stereocenters. The van der Waals surface area contributed by atoms with Crippen molar-refractivity contribution < 1.29 is 8.42 Å². The molecule has 19 heavy (non-hydrogen) atoms. The number of benzene rings is 1. The predicted octanol–water partition coefficient (Wildman–Crippen LogP) is 1.92. The van der Waals surface area contributed by atoms with Crippen LogP contribution in [-0.4, -0.2) is 30.3 Å². The molecule has 1 aromatic carbocycles. The van der Waals surface area contributed by atoms with Crippen molar-refractivity contribution in [3.05, 3.63) is 24.4 Å². The first-order valence-electron chi connectivity index (χ1n) is 6.42. The number of fused-ring (bicyclic) bond motifs is 1. The molecule has 1 saturated carbocycles. The zero-order chi connectivity index (χ0) is 13.6. The number of aromatic nitrogens is 1. The lowest BCUT2D eigenvalue weighted by Crippen LogP contribution is -2.32. The maximum absolute atomic E-state index is 12.7. The molecule has 6 heteroatoms. The molecule has 3 N–H and O–H groups in total. The van der Waals surface area contributed by atoms with Crippen molar-refractivity contribution in [1.29, 1.82) is 0 Å². The van der Waals surface area contributed by atoms with Crippen LogP contribution in [0.2, 0.25) is 0 Å². The molecule has 1 aliphatic carbocycles. The first-order valence-corrected chi connectivity index (χ1v) is 7.86. The van der Waals surface area contributed by atoms with Crippen LogP contribution in [0, 0.1) is 0 Å². The smallest absolute Gasteiger partial charge is 0.245 e. The fourth-order valence-electron chi connectivity index (χ4n) is 2.44. The maximum atomic E-state index is 12.7. The summed E-state index contributed by atoms with van der Waals surface area (Å²) in [4.78, 5) is 3.33. The fraction of sp³-hybridized carbons (Fsp3) is 0.385. The van der Waals surface area contributed by atoms with Gasteiger partial charge in [0.15, 0.2) is 0 Å². The number of sulfonamides is 1. The van der Waals surface area contributed by atoms with E-state index in [1.807, 2.05) is 6.92 Å². The Hall–Kier alpha value is -1.53. The van der Waals surface area contributed by atoms with Gasteiger partial charge >= 0.3 is 0 Å². The van der Waals surface area contributed by atoms with Gasteiger partial charge in [-0.15, -0.1) is 0 Å². The van der Waals surface area contributed by atoms with E-state index in [1.54, 1.807) is 28.7 Å². The lowest BCUT2D eigenvalue weighted by molar-refractivity contribution is 0.421. The Labute approximate surface area is 112 Å². The molecule has 5 nitrogen and oxygen atoms in total. The van der Waals surface area contributed by atoms with Crippen LogP contribution in [0.5, 0.6) is 0 Å². The number of anilines is 1. The van der Waals surface area contributed by atoms with E-state index in [1.165, 1.54) is 0 Å². The minimum Gasteiger partial charge on any atom is -0.399 e. The maximum Gasteiger partial charge on any atom is 0.245 e. The van der Waals surface area contributed by atoms with E-state index in [0.29, 0.717) is 22.5 Å². The first-order chi connectivity index (χ1) is 9.04. The number of aromatic amines is 1. The lowest BCUT2D eigenvalue weighted by atomic mass is 10.2. The molecule has 102 valence electrons. The second kappa shape index (κ2) is 4.25. The predicted molar refractivity (Wildman–Crippen MR) is 75.3 cm³/mol. The van der Waals surface area contributed by atoms with Crippen molar-refractivity contribution in [2.75, 3.05) is 12.3 Å². The van der Waals surface area contributed by atoms with Crippen molar-refractivity contribution in [2.24, 2.45) is 0 Å². The minimum absolute atomic E-state index is 0.175. The molecular weight excluding hydrogens is 262 g/mol. The third kappa shape index (κ3) is 2.01. The second-order valence-corrected chi connectivity index (χ2v) is 6.76. The van der Waals surface area contributed by atoms with Crippen molar-refractivity contribution >= 4 is 26.6 Å². The number of nitrogens with two attached hydrogens (primary N) is 1. The molecule has 3 rings (SSSR count). The Kier molecular flexibility index (Phi) is 2.79. The number of hydrogen-bond acceptors (Lipinski definition) is 3. The molecule has 0 amide bonds. The highest BCUT2D eigenvalue weighted by Crippen LogP contribution is 2.34. The van der Waals surface area contributed by atoms with E-state index in [-0.39, 0.29) is 6.04 Å². The average molecular weight is 279 g/mol. The Morgan fingerprint density at radius 1 is 1.42 bits per heavy atom. The van der Waals surface area contributed by atoms with Gasteiger partial charge in [0.2, 0.25) is 10.0 Å². The Balaban J connectivity index is 2.12. The van der Waals surface area contributed by atoms with Gasteiger partial charge < -0.3 is 10.7 Å². The van der Waals surface area contributed by atoms with E-state index < -0.39 is 10.0 Å². The normalized spacial score (nSPS) is 16.3. The van der Waals surface area contributed by atoms with Crippen molar-refractivity contribution in [1.82, 2.24) is 9.29 Å². The van der Waals surface area contributed by atoms with Crippen LogP contribution in [0.3, 0.4) is 0 Å². The third-order valence-electron chi connectivity index (χ3n) is 3.52. The fourth-order valence-corrected chi connectivity index (χ4v) is 4.30. The van der Waals surface area contributed by atoms with Gasteiger partial charge in [-0.1, -0.05) is 6.92 Å². The third-order valence-corrected chi connectivity index (χ3v) is 5.59. The molecule has 1 heterocycles. The van der Waals surface area contributed by atoms with E-state index in [9.17, 15) is 8.42 Å². The highest BCUT2D eigenvalue weighted by Gasteiger charge is 2.37. The van der Waals surface area contributed by atoms with Gasteiger partial charge in [0.25, 0.3) is 0 Å². The average Bonchev–Trinajstić information content (AvgIpc) is 3.08. The summed E-state index contributed by atoms with van der Waals surface area (Å²) in [6.45, 7) is 2.39. The van der Waals surface area contributed by atoms with Crippen LogP contribution < -0.4 is 5.73 Å². The van der Waals surface area contributed by atoms with Crippen molar-refractivity contribution in [2.45, 2.75) is 30.7 Å². The van der Waals surface area contributed by atoms with Crippen LogP contribution in [0.4, 0.5) is 5.69 Å². The monoisotopic (exact) mass is 279 g/mol. The highest BCUT2D eigenvalue weighted by molar-refractivity contribution is 7.89. The highest BCUT2D eigenvalue weighted by atomic mass is 32.2. The molecule has 1 aliphatic rings. The molecule has 0 saturated heterocycles. The number of nitrogen functional groups attached to an aromatic ring is 1. The summed E-state index contributed by atoms with van der Waals surface area (Å²) in [5.74, 6) is 0. The molecule has 1 fully saturated rings. The molecule has 0 bridgehead atoms. The number of H-pyrrole nitrogens is 1. The van der Waals surface area contributed by atoms with Crippen molar-refractivity contribution in [3.63, 3.8) is 0 Å². The van der Waals surface area contributed by atoms with Crippen LogP contribution in [-0.2, 0) is 10.0 Å². The van der Waals surface area contributed by atoms with E-state index >= 15 is 0 Å². The largest absolute Gasteiger partial charge is 0.399 e. The van der Waals surface area contributed by atoms with Gasteiger partial charge in [-0.25, -0.2) is 8.42 Å². The summed E-state index contributed by atoms with van der Waals surface area (Å²) in [5, 5.41) is 0.702. The van der Waals surface area contributed by atoms with Crippen molar-refractivity contribution in [3.8, 4) is 0 Å². The van der Waals surface area contributed by atoms with E-state index in [4.69, 9.17) is 5.73 Å². The number of hydrogen-bond donors (Lipinski definition) is 2. The van der Waals surface area contributed by atoms with Gasteiger partial charge in [0, 0.05) is 35.4 Å². The second-order valence-electron chi connectivity index (χ2n) is 4.90. The van der Waals surface area contributed by atoms with E-state index in [0.717, 1.165) is 18.4 Å². The van der Waals surface area contributed by atoms with Gasteiger partial charge in [-0.05, 0) is 31.0 Å². The van der Waals surface area contributed by atoms with Gasteiger partial charge in [0.1, 0.15) is 4.90 Å². The summed E-state index contributed by atoms with van der Waals surface area (Å²) in [7, 11) is -3.42. The molecule has 2 aromatic rings. The quantitative estimate of drug-likeness (QED) is 0.839. The van der Waals surface area contributed by atoms with Gasteiger partial charge in [0.05, 0.1) is 0 Å². The number of nitrogens with zero attached hydrogens (tertiary/aromatic N) is 1. The molecular formula is C13H17N3O2S. The number of rotatable bonds is 4. The molecule has 0 radical (unpaired) electrons. The Bertz CT molecular complexity index is 717. The molecule has 0 atom stereocenters. The summed E-state index contributed by atoms with van der Waals surface area (Å²) in [6, 6.07) is 5.41. The standard InChI is InChI=1S/C13H17N3O2S/c1-2-16(10-4-5-10)19(17,18)13-8-15-12-7-9(14)3-6-11(12)13/h3,6-8,10,15H,2,4-5,14H2,1H3. The summed E-state index contributed by atoms with van der Waals surface area (Å²) >= 11 is 0. The first kappa shape index (κ1) is 12.5. The Morgan fingerprint density at radius 2 is 2.16 bits per heavy atom. The topological polar surface area (TPSA) is 79.2 Å². The number of nitrogens with one attached hydrogen (secondary N) is 1. The minimum atomic E-state index is -3.42. The summed E-state index contributed by atoms with van der Waals surface area (Å²) in [6.07, 6.45) is 3.48. The molecule has 0 aliphatic heterocycles. The zero-order valence-corrected chi connectivity index (χ0v) is 11.6. The van der Waals surface area contributed by atoms with Crippen LogP contribution in [0.15, 0.2) is 29.3 Å². The molecule has 0 spiro atoms. The SMILES string of the molecule is CCN(C1CC1)S(=O)(=O)c1c[nH]c2cc(N)ccc12. The summed E-state index contributed by atoms with van der Waals surface area (Å²) in [5.41, 5.74) is 7.08. The van der Waals surface area contributed by atoms with Crippen LogP contribution in [0.1, 0.15) is 19.8 Å². The lowest BCUT2D eigenvalue weighted by Gasteiger charge is -2.19. The van der Waals surface area contributed by atoms with Crippen LogP contribution in [0.25, 0.3) is 10.9 Å². The Morgan fingerprint density at radius 3 is 2.79 bits per heavy atom. The molecule has 1 aromatic heterocycles. The van der Waals surface area contributed by atoms with Gasteiger partial charge in [-0.2, -0.15) is 4.31 Å². The summed E-state index contributed by atoms with van der Waals surface area (Å²) < 4.78 is 26.9. The van der Waals surface area contributed by atoms with E-state index in [2.05, 4.69) is 4.98 Å².